The number of thioether (sulfide) groups is 1. The maximum Gasteiger partial charge on any atom is 0.274 e. The van der Waals surface area contributed by atoms with Gasteiger partial charge in [0.25, 0.3) is 5.91 Å². The van der Waals surface area contributed by atoms with Crippen LogP contribution in [0.15, 0.2) is 69.6 Å². The van der Waals surface area contributed by atoms with Crippen molar-refractivity contribution in [2.75, 3.05) is 12.4 Å². The summed E-state index contributed by atoms with van der Waals surface area (Å²) in [6, 6.07) is 7.60. The standard InChI is InChI=1S/C17H15N5O2S/c1-24-13-4-2-11(3-5-13)21-12-6-10-8-19-9-20-17(10)14(7-12)22-16(25-17)15(18)23/h2-9,21H,1H3,(H2,18,23)(H,19,20). The van der Waals surface area contributed by atoms with Crippen molar-refractivity contribution >= 4 is 34.7 Å². The Labute approximate surface area is 148 Å². The van der Waals surface area contributed by atoms with E-state index in [9.17, 15) is 4.79 Å². The highest BCUT2D eigenvalue weighted by Crippen LogP contribution is 2.48. The van der Waals surface area contributed by atoms with Gasteiger partial charge in [0.2, 0.25) is 0 Å². The van der Waals surface area contributed by atoms with E-state index < -0.39 is 10.8 Å². The van der Waals surface area contributed by atoms with Crippen LogP contribution in [0.1, 0.15) is 0 Å². The van der Waals surface area contributed by atoms with Crippen LogP contribution < -0.4 is 21.1 Å². The lowest BCUT2D eigenvalue weighted by molar-refractivity contribution is -0.111. The van der Waals surface area contributed by atoms with E-state index in [1.54, 1.807) is 19.6 Å². The molecule has 1 aromatic rings. The largest absolute Gasteiger partial charge is 0.497 e. The van der Waals surface area contributed by atoms with Gasteiger partial charge in [0.1, 0.15) is 5.75 Å². The minimum atomic E-state index is -0.642. The lowest BCUT2D eigenvalue weighted by Gasteiger charge is -2.34. The molecule has 126 valence electrons. The Balaban J connectivity index is 1.68. The van der Waals surface area contributed by atoms with Gasteiger partial charge in [-0.3, -0.25) is 4.79 Å². The number of amides is 1. The predicted molar refractivity (Wildman–Crippen MR) is 99.4 cm³/mol. The lowest BCUT2D eigenvalue weighted by atomic mass is 9.96. The molecular formula is C17H15N5O2S. The molecule has 4 N–H and O–H groups in total. The zero-order valence-corrected chi connectivity index (χ0v) is 14.1. The van der Waals surface area contributed by atoms with Gasteiger partial charge in [-0.05, 0) is 36.4 Å². The molecule has 2 heterocycles. The monoisotopic (exact) mass is 353 g/mol. The summed E-state index contributed by atoms with van der Waals surface area (Å²) in [5, 5.41) is 6.81. The molecule has 0 radical (unpaired) electrons. The summed E-state index contributed by atoms with van der Waals surface area (Å²) < 4.78 is 5.17. The molecule has 8 heteroatoms. The SMILES string of the molecule is COc1ccc(NC2=CC3=CN=CNC34SC(C(N)=O)=NC4=C2)cc1. The van der Waals surface area contributed by atoms with Crippen molar-refractivity contribution < 1.29 is 9.53 Å². The van der Waals surface area contributed by atoms with Gasteiger partial charge < -0.3 is 21.1 Å². The second-order valence-corrected chi connectivity index (χ2v) is 6.76. The van der Waals surface area contributed by atoms with Gasteiger partial charge in [0.05, 0.1) is 19.1 Å². The number of nitrogens with one attached hydrogen (secondary N) is 2. The van der Waals surface area contributed by atoms with Gasteiger partial charge in [0, 0.05) is 23.2 Å². The first-order valence-electron chi connectivity index (χ1n) is 7.53. The Bertz CT molecular complexity index is 898. The smallest absolute Gasteiger partial charge is 0.274 e. The van der Waals surface area contributed by atoms with E-state index in [1.165, 1.54) is 11.8 Å². The van der Waals surface area contributed by atoms with E-state index in [0.717, 1.165) is 22.7 Å². The highest BCUT2D eigenvalue weighted by Gasteiger charge is 2.48. The van der Waals surface area contributed by atoms with E-state index in [2.05, 4.69) is 20.6 Å². The van der Waals surface area contributed by atoms with Crippen molar-refractivity contribution in [1.29, 1.82) is 0 Å². The minimum absolute atomic E-state index is 0.277. The third-order valence-corrected chi connectivity index (χ3v) is 5.34. The summed E-state index contributed by atoms with van der Waals surface area (Å²) in [6.07, 6.45) is 7.23. The molecule has 1 aliphatic carbocycles. The van der Waals surface area contributed by atoms with E-state index in [4.69, 9.17) is 10.5 Å². The van der Waals surface area contributed by atoms with E-state index >= 15 is 0 Å². The van der Waals surface area contributed by atoms with Gasteiger partial charge in [-0.15, -0.1) is 0 Å². The summed E-state index contributed by atoms with van der Waals surface area (Å²) >= 11 is 1.29. The second-order valence-electron chi connectivity index (χ2n) is 5.55. The van der Waals surface area contributed by atoms with Crippen LogP contribution >= 0.6 is 11.8 Å². The number of nitrogens with zero attached hydrogens (tertiary/aromatic N) is 2. The molecule has 0 aromatic heterocycles. The van der Waals surface area contributed by atoms with Crippen molar-refractivity contribution in [3.05, 3.63) is 59.6 Å². The van der Waals surface area contributed by atoms with Crippen LogP contribution in [0.5, 0.6) is 5.75 Å². The number of ether oxygens (including phenoxy) is 1. The van der Waals surface area contributed by atoms with Crippen LogP contribution in [0.25, 0.3) is 0 Å². The molecule has 1 atom stereocenters. The number of aliphatic imine (C=N–C) groups is 2. The first-order valence-corrected chi connectivity index (χ1v) is 8.35. The van der Waals surface area contributed by atoms with Crippen molar-refractivity contribution in [3.63, 3.8) is 0 Å². The highest BCUT2D eigenvalue weighted by molar-refractivity contribution is 8.17. The number of anilines is 1. The van der Waals surface area contributed by atoms with Gasteiger partial charge in [-0.2, -0.15) is 0 Å². The first-order chi connectivity index (χ1) is 12.1. The molecule has 0 saturated carbocycles. The maximum absolute atomic E-state index is 11.6. The Hall–Kier alpha value is -3.00. The molecule has 0 bridgehead atoms. The Kier molecular flexibility index (Phi) is 3.61. The highest BCUT2D eigenvalue weighted by atomic mass is 32.2. The molecule has 2 aliphatic heterocycles. The molecule has 0 saturated heterocycles. The summed E-state index contributed by atoms with van der Waals surface area (Å²) in [5.74, 6) is 0.250. The number of methoxy groups -OCH3 is 1. The third-order valence-electron chi connectivity index (χ3n) is 3.99. The molecule has 1 aromatic carbocycles. The number of hydrogen-bond donors (Lipinski definition) is 3. The molecular weight excluding hydrogens is 338 g/mol. The van der Waals surface area contributed by atoms with Crippen LogP contribution in [0.4, 0.5) is 5.69 Å². The number of carbonyl (C=O) groups is 1. The third kappa shape index (κ3) is 2.60. The summed E-state index contributed by atoms with van der Waals surface area (Å²) in [7, 11) is 1.63. The van der Waals surface area contributed by atoms with E-state index in [1.807, 2.05) is 36.4 Å². The Morgan fingerprint density at radius 2 is 2.12 bits per heavy atom. The molecule has 3 aliphatic rings. The number of allylic oxidation sites excluding steroid dienone is 1. The number of carbonyl (C=O) groups excluding carboxylic acids is 1. The lowest BCUT2D eigenvalue weighted by Crippen LogP contribution is -2.46. The average Bonchev–Trinajstić information content (AvgIpc) is 2.99. The van der Waals surface area contributed by atoms with E-state index in [-0.39, 0.29) is 5.04 Å². The number of nitrogens with two attached hydrogens (primary N) is 1. The first kappa shape index (κ1) is 15.5. The number of hydrogen-bond acceptors (Lipinski definition) is 7. The minimum Gasteiger partial charge on any atom is -0.497 e. The molecule has 1 amide bonds. The predicted octanol–water partition coefficient (Wildman–Crippen LogP) is 1.73. The van der Waals surface area contributed by atoms with Crippen molar-refractivity contribution in [1.82, 2.24) is 5.32 Å². The van der Waals surface area contributed by atoms with Gasteiger partial charge in [-0.25, -0.2) is 9.98 Å². The Morgan fingerprint density at radius 3 is 2.84 bits per heavy atom. The zero-order valence-electron chi connectivity index (χ0n) is 13.3. The normalized spacial score (nSPS) is 23.2. The van der Waals surface area contributed by atoms with Gasteiger partial charge in [0.15, 0.2) is 9.91 Å². The van der Waals surface area contributed by atoms with E-state index in [0.29, 0.717) is 5.70 Å². The average molecular weight is 353 g/mol. The second kappa shape index (κ2) is 5.82. The number of benzene rings is 1. The zero-order chi connectivity index (χ0) is 17.4. The van der Waals surface area contributed by atoms with Crippen LogP contribution in [0, 0.1) is 0 Å². The van der Waals surface area contributed by atoms with Crippen LogP contribution in [-0.2, 0) is 4.79 Å². The van der Waals surface area contributed by atoms with Gasteiger partial charge >= 0.3 is 0 Å². The molecule has 25 heavy (non-hydrogen) atoms. The molecule has 1 spiro atoms. The molecule has 1 unspecified atom stereocenters. The van der Waals surface area contributed by atoms with Crippen LogP contribution in [-0.4, -0.2) is 29.3 Å². The molecule has 0 fully saturated rings. The fraction of sp³-hybridized carbons (Fsp3) is 0.118. The molecule has 7 nitrogen and oxygen atoms in total. The number of rotatable bonds is 4. The molecule has 4 rings (SSSR count). The van der Waals surface area contributed by atoms with Crippen molar-refractivity contribution in [2.24, 2.45) is 15.7 Å². The summed E-state index contributed by atoms with van der Waals surface area (Å²) in [5.41, 5.74) is 8.77. The fourth-order valence-corrected chi connectivity index (χ4v) is 3.87. The quantitative estimate of drug-likeness (QED) is 0.765. The van der Waals surface area contributed by atoms with Crippen LogP contribution in [0.2, 0.25) is 0 Å². The fourth-order valence-electron chi connectivity index (χ4n) is 2.79. The summed E-state index contributed by atoms with van der Waals surface area (Å²) in [6.45, 7) is 0. The van der Waals surface area contributed by atoms with Crippen molar-refractivity contribution in [2.45, 2.75) is 4.87 Å². The van der Waals surface area contributed by atoms with Crippen LogP contribution in [0.3, 0.4) is 0 Å². The topological polar surface area (TPSA) is 101 Å². The maximum atomic E-state index is 11.6. The summed E-state index contributed by atoms with van der Waals surface area (Å²) in [4.78, 5) is 19.5. The van der Waals surface area contributed by atoms with Gasteiger partial charge in [-0.1, -0.05) is 11.8 Å². The van der Waals surface area contributed by atoms with Crippen molar-refractivity contribution in [3.8, 4) is 5.75 Å². The Morgan fingerprint density at radius 1 is 1.32 bits per heavy atom. The number of primary amides is 1.